The van der Waals surface area contributed by atoms with Gasteiger partial charge in [-0.05, 0) is 51.2 Å². The van der Waals surface area contributed by atoms with Crippen LogP contribution >= 0.6 is 0 Å². The third-order valence-electron chi connectivity index (χ3n) is 5.91. The Balaban J connectivity index is 1.71. The van der Waals surface area contributed by atoms with Gasteiger partial charge in [0, 0.05) is 14.1 Å². The van der Waals surface area contributed by atoms with Crippen LogP contribution in [0.15, 0.2) is 12.1 Å². The van der Waals surface area contributed by atoms with Gasteiger partial charge in [0.05, 0.1) is 42.3 Å². The summed E-state index contributed by atoms with van der Waals surface area (Å²) in [7, 11) is 3.45. The van der Waals surface area contributed by atoms with Crippen LogP contribution in [0, 0.1) is 12.8 Å². The molecule has 180 valence electrons. The second-order valence-corrected chi connectivity index (χ2v) is 8.55. The highest BCUT2D eigenvalue weighted by atomic mass is 16.6. The average molecular weight is 460 g/mol. The number of unbranched alkanes of at least 4 members (excludes halogenated alkanes) is 1. The predicted molar refractivity (Wildman–Crippen MR) is 121 cm³/mol. The van der Waals surface area contributed by atoms with Crippen LogP contribution in [0.25, 0.3) is 11.4 Å². The Bertz CT molecular complexity index is 976. The number of carboxylic acid groups (broad SMARTS) is 1. The highest BCUT2D eigenvalue weighted by molar-refractivity contribution is 5.70. The molecule has 1 N–H and O–H groups in total. The number of nitrogens with zero attached hydrogens (tertiary/aromatic N) is 5. The maximum atomic E-state index is 12.2. The molecule has 0 spiro atoms. The molecule has 1 amide bonds. The first kappa shape index (κ1) is 24.5. The van der Waals surface area contributed by atoms with E-state index in [1.54, 1.807) is 18.8 Å². The molecule has 1 aliphatic rings. The van der Waals surface area contributed by atoms with Crippen molar-refractivity contribution in [3.63, 3.8) is 0 Å². The number of aliphatic carboxylic acids is 1. The molecule has 1 aliphatic carbocycles. The summed E-state index contributed by atoms with van der Waals surface area (Å²) >= 11 is 0. The van der Waals surface area contributed by atoms with Crippen molar-refractivity contribution in [1.29, 1.82) is 0 Å². The van der Waals surface area contributed by atoms with Crippen molar-refractivity contribution in [3.8, 4) is 17.1 Å². The van der Waals surface area contributed by atoms with Gasteiger partial charge in [-0.3, -0.25) is 4.79 Å². The maximum Gasteiger partial charge on any atom is 0.409 e. The van der Waals surface area contributed by atoms with Crippen LogP contribution in [0.2, 0.25) is 0 Å². The zero-order chi connectivity index (χ0) is 24.0. The fourth-order valence-electron chi connectivity index (χ4n) is 3.92. The number of carboxylic acids is 1. The third kappa shape index (κ3) is 6.21. The summed E-state index contributed by atoms with van der Waals surface area (Å²) in [5.41, 5.74) is 2.64. The molecule has 2 atom stereocenters. The smallest absolute Gasteiger partial charge is 0.409 e. The van der Waals surface area contributed by atoms with Gasteiger partial charge < -0.3 is 19.5 Å². The predicted octanol–water partition coefficient (Wildman–Crippen LogP) is 3.58. The van der Waals surface area contributed by atoms with E-state index in [0.717, 1.165) is 31.4 Å². The molecule has 1 fully saturated rings. The van der Waals surface area contributed by atoms with Crippen molar-refractivity contribution in [3.05, 3.63) is 23.5 Å². The average Bonchev–Trinajstić information content (AvgIpc) is 3.15. The zero-order valence-corrected chi connectivity index (χ0v) is 19.8. The molecule has 0 aliphatic heterocycles. The second-order valence-electron chi connectivity index (χ2n) is 8.55. The number of aromatic nitrogens is 4. The van der Waals surface area contributed by atoms with Crippen LogP contribution in [-0.4, -0.2) is 61.8 Å². The van der Waals surface area contributed by atoms with Crippen molar-refractivity contribution in [2.45, 2.75) is 65.0 Å². The number of aryl methyl sites for hydroxylation is 2. The summed E-state index contributed by atoms with van der Waals surface area (Å²) in [6, 6.07) is 3.65. The molecule has 0 saturated heterocycles. The van der Waals surface area contributed by atoms with Crippen LogP contribution in [0.3, 0.4) is 0 Å². The van der Waals surface area contributed by atoms with Crippen molar-refractivity contribution < 1.29 is 24.2 Å². The quantitative estimate of drug-likeness (QED) is 0.565. The molecule has 2 aromatic heterocycles. The Hall–Kier alpha value is -3.17. The Morgan fingerprint density at radius 1 is 1.30 bits per heavy atom. The highest BCUT2D eigenvalue weighted by Crippen LogP contribution is 2.30. The minimum absolute atomic E-state index is 0.134. The number of pyridine rings is 1. The fraction of sp³-hybridized carbons (Fsp3) is 0.609. The molecule has 3 rings (SSSR count). The van der Waals surface area contributed by atoms with Gasteiger partial charge in [0.25, 0.3) is 0 Å². The van der Waals surface area contributed by atoms with E-state index in [1.165, 1.54) is 4.90 Å². The van der Waals surface area contributed by atoms with Gasteiger partial charge in [-0.15, -0.1) is 5.10 Å². The van der Waals surface area contributed by atoms with Crippen molar-refractivity contribution in [2.24, 2.45) is 13.0 Å². The molecule has 10 heteroatoms. The van der Waals surface area contributed by atoms with Crippen LogP contribution in [0.4, 0.5) is 4.79 Å². The molecular formula is C23H33N5O5. The Kier molecular flexibility index (Phi) is 8.24. The third-order valence-corrected chi connectivity index (χ3v) is 5.91. The van der Waals surface area contributed by atoms with E-state index < -0.39 is 12.1 Å². The molecule has 0 bridgehead atoms. The lowest BCUT2D eigenvalue weighted by atomic mass is 9.87. The first-order valence-electron chi connectivity index (χ1n) is 11.4. The number of hydrogen-bond acceptors (Lipinski definition) is 7. The number of carbonyl (C=O) groups is 2. The number of carbonyl (C=O) groups excluding carboxylic acids is 1. The molecule has 10 nitrogen and oxygen atoms in total. The van der Waals surface area contributed by atoms with Gasteiger partial charge in [0.2, 0.25) is 0 Å². The lowest BCUT2D eigenvalue weighted by Crippen LogP contribution is -2.29. The van der Waals surface area contributed by atoms with Gasteiger partial charge in [-0.1, -0.05) is 18.6 Å². The Morgan fingerprint density at radius 2 is 2.09 bits per heavy atom. The number of amides is 1. The summed E-state index contributed by atoms with van der Waals surface area (Å²) in [4.78, 5) is 29.7. The van der Waals surface area contributed by atoms with Gasteiger partial charge in [0.15, 0.2) is 0 Å². The van der Waals surface area contributed by atoms with E-state index in [-0.39, 0.29) is 18.6 Å². The first-order valence-corrected chi connectivity index (χ1v) is 11.4. The van der Waals surface area contributed by atoms with Crippen LogP contribution < -0.4 is 4.74 Å². The minimum atomic E-state index is -0.761. The number of ether oxygens (including phenoxy) is 2. The lowest BCUT2D eigenvalue weighted by Gasteiger charge is -2.27. The first-order chi connectivity index (χ1) is 15.8. The van der Waals surface area contributed by atoms with E-state index in [9.17, 15) is 14.7 Å². The molecule has 0 aromatic carbocycles. The minimum Gasteiger partial charge on any atom is -0.489 e. The lowest BCUT2D eigenvalue weighted by molar-refractivity contribution is -0.143. The number of hydrogen-bond donors (Lipinski definition) is 1. The summed E-state index contributed by atoms with van der Waals surface area (Å²) in [5, 5.41) is 17.7. The van der Waals surface area contributed by atoms with Crippen molar-refractivity contribution in [1.82, 2.24) is 24.9 Å². The van der Waals surface area contributed by atoms with Crippen LogP contribution in [0.5, 0.6) is 5.75 Å². The van der Waals surface area contributed by atoms with E-state index >= 15 is 0 Å². The topological polar surface area (TPSA) is 120 Å². The number of rotatable bonds is 9. The molecule has 2 heterocycles. The molecule has 2 aromatic rings. The van der Waals surface area contributed by atoms with E-state index in [1.807, 2.05) is 26.0 Å². The Labute approximate surface area is 193 Å². The highest BCUT2D eigenvalue weighted by Gasteiger charge is 2.28. The largest absolute Gasteiger partial charge is 0.489 e. The van der Waals surface area contributed by atoms with Crippen LogP contribution in [-0.2, 0) is 23.1 Å². The summed E-state index contributed by atoms with van der Waals surface area (Å²) in [6.07, 6.45) is 4.13. The monoisotopic (exact) mass is 459 g/mol. The fourth-order valence-corrected chi connectivity index (χ4v) is 3.92. The van der Waals surface area contributed by atoms with Gasteiger partial charge >= 0.3 is 12.1 Å². The SMILES string of the molecule is CCCCOC(=O)N(C)Cc1c(-c2ccc(O[C@H]3CCCC(C(=O)O)C3)c(C)n2)nnn1C. The summed E-state index contributed by atoms with van der Waals surface area (Å²) < 4.78 is 13.0. The van der Waals surface area contributed by atoms with E-state index in [0.29, 0.717) is 42.3 Å². The second kappa shape index (κ2) is 11.1. The van der Waals surface area contributed by atoms with Crippen LogP contribution in [0.1, 0.15) is 56.8 Å². The molecule has 1 unspecified atom stereocenters. The molecule has 0 radical (unpaired) electrons. The van der Waals surface area contributed by atoms with E-state index in [4.69, 9.17) is 9.47 Å². The summed E-state index contributed by atoms with van der Waals surface area (Å²) in [6.45, 7) is 4.57. The van der Waals surface area contributed by atoms with E-state index in [2.05, 4.69) is 15.3 Å². The van der Waals surface area contributed by atoms with Gasteiger partial charge in [0.1, 0.15) is 11.4 Å². The normalized spacial score (nSPS) is 18.1. The van der Waals surface area contributed by atoms with Gasteiger partial charge in [-0.25, -0.2) is 14.5 Å². The van der Waals surface area contributed by atoms with Crippen molar-refractivity contribution >= 4 is 12.1 Å². The molecule has 33 heavy (non-hydrogen) atoms. The Morgan fingerprint density at radius 3 is 2.79 bits per heavy atom. The van der Waals surface area contributed by atoms with Crippen molar-refractivity contribution in [2.75, 3.05) is 13.7 Å². The molecular weight excluding hydrogens is 426 g/mol. The maximum absolute atomic E-state index is 12.2. The standard InChI is InChI=1S/C23H33N5O5/c1-5-6-12-32-23(31)27(3)14-19-21(25-26-28(19)4)18-10-11-20(15(2)24-18)33-17-9-7-8-16(13-17)22(29)30/h10-11,16-17H,5-9,12-14H2,1-4H3,(H,29,30)/t16?,17-/m0/s1. The molecule has 1 saturated carbocycles. The summed E-state index contributed by atoms with van der Waals surface area (Å²) in [5.74, 6) is -0.483. The zero-order valence-electron chi connectivity index (χ0n) is 19.8. The van der Waals surface area contributed by atoms with Gasteiger partial charge in [-0.2, -0.15) is 0 Å².